The van der Waals surface area contributed by atoms with E-state index in [0.29, 0.717) is 17.7 Å². The van der Waals surface area contributed by atoms with Crippen LogP contribution in [-0.4, -0.2) is 5.88 Å². The molecular formula is C14H15Cl. The van der Waals surface area contributed by atoms with E-state index in [9.17, 15) is 0 Å². The van der Waals surface area contributed by atoms with Crippen molar-refractivity contribution in [2.45, 2.75) is 6.92 Å². The molecule has 0 aliphatic heterocycles. The number of allylic oxidation sites excluding steroid dienone is 4. The summed E-state index contributed by atoms with van der Waals surface area (Å²) < 4.78 is 0. The van der Waals surface area contributed by atoms with Crippen LogP contribution in [0.2, 0.25) is 0 Å². The molecule has 1 aromatic rings. The summed E-state index contributed by atoms with van der Waals surface area (Å²) >= 11 is 5.95. The van der Waals surface area contributed by atoms with Gasteiger partial charge in [-0.25, -0.2) is 0 Å². The highest BCUT2D eigenvalue weighted by Crippen LogP contribution is 2.33. The Morgan fingerprint density at radius 1 is 1.20 bits per heavy atom. The van der Waals surface area contributed by atoms with E-state index in [1.54, 1.807) is 0 Å². The molecule has 2 unspecified atom stereocenters. The van der Waals surface area contributed by atoms with Crippen molar-refractivity contribution in [2.24, 2.45) is 11.8 Å². The van der Waals surface area contributed by atoms with E-state index in [2.05, 4.69) is 49.4 Å². The van der Waals surface area contributed by atoms with Crippen molar-refractivity contribution in [1.29, 1.82) is 0 Å². The quantitative estimate of drug-likeness (QED) is 0.655. The van der Waals surface area contributed by atoms with E-state index in [-0.39, 0.29) is 0 Å². The number of hydrogen-bond donors (Lipinski definition) is 0. The van der Waals surface area contributed by atoms with Crippen LogP contribution in [-0.2, 0) is 0 Å². The van der Waals surface area contributed by atoms with Crippen LogP contribution in [0.15, 0.2) is 48.6 Å². The summed E-state index contributed by atoms with van der Waals surface area (Å²) in [6.45, 7) is 2.25. The van der Waals surface area contributed by atoms with Gasteiger partial charge in [0.25, 0.3) is 0 Å². The molecule has 0 spiro atoms. The molecule has 0 amide bonds. The van der Waals surface area contributed by atoms with Crippen molar-refractivity contribution in [3.63, 3.8) is 0 Å². The Labute approximate surface area is 96.3 Å². The molecule has 0 fully saturated rings. The maximum Gasteiger partial charge on any atom is 0.0292 e. The Bertz CT molecular complexity index is 376. The summed E-state index contributed by atoms with van der Waals surface area (Å²) in [6, 6.07) is 10.5. The van der Waals surface area contributed by atoms with Crippen LogP contribution >= 0.6 is 11.6 Å². The van der Waals surface area contributed by atoms with Crippen LogP contribution in [0.3, 0.4) is 0 Å². The summed E-state index contributed by atoms with van der Waals surface area (Å²) in [7, 11) is 0. The lowest BCUT2D eigenvalue weighted by Gasteiger charge is -2.25. The monoisotopic (exact) mass is 218 g/mol. The molecule has 1 heteroatoms. The molecule has 0 aromatic heterocycles. The average molecular weight is 219 g/mol. The van der Waals surface area contributed by atoms with Crippen molar-refractivity contribution in [3.8, 4) is 0 Å². The molecule has 15 heavy (non-hydrogen) atoms. The van der Waals surface area contributed by atoms with Gasteiger partial charge in [0.05, 0.1) is 0 Å². The molecule has 0 N–H and O–H groups in total. The van der Waals surface area contributed by atoms with Crippen molar-refractivity contribution in [1.82, 2.24) is 0 Å². The van der Waals surface area contributed by atoms with E-state index in [1.165, 1.54) is 11.1 Å². The first-order valence-corrected chi connectivity index (χ1v) is 5.86. The highest BCUT2D eigenvalue weighted by atomic mass is 35.5. The second-order valence-corrected chi connectivity index (χ2v) is 4.29. The van der Waals surface area contributed by atoms with Crippen LogP contribution in [0.1, 0.15) is 12.5 Å². The van der Waals surface area contributed by atoms with Gasteiger partial charge in [0.2, 0.25) is 0 Å². The third-order valence-corrected chi connectivity index (χ3v) is 3.41. The SMILES string of the molecule is CC1C(c2ccccc2)=CC=CC1CCl. The Hall–Kier alpha value is -1.01. The van der Waals surface area contributed by atoms with Crippen LogP contribution in [0.5, 0.6) is 0 Å². The molecule has 0 radical (unpaired) electrons. The molecular weight excluding hydrogens is 204 g/mol. The Morgan fingerprint density at radius 3 is 2.60 bits per heavy atom. The molecule has 0 heterocycles. The summed E-state index contributed by atoms with van der Waals surface area (Å²) in [5, 5.41) is 0. The topological polar surface area (TPSA) is 0 Å². The van der Waals surface area contributed by atoms with Crippen LogP contribution < -0.4 is 0 Å². The highest BCUT2D eigenvalue weighted by molar-refractivity contribution is 6.18. The zero-order chi connectivity index (χ0) is 10.7. The molecule has 2 atom stereocenters. The van der Waals surface area contributed by atoms with Gasteiger partial charge in [-0.1, -0.05) is 55.5 Å². The fourth-order valence-electron chi connectivity index (χ4n) is 2.03. The van der Waals surface area contributed by atoms with E-state index in [1.807, 2.05) is 6.07 Å². The second-order valence-electron chi connectivity index (χ2n) is 3.98. The Kier molecular flexibility index (Phi) is 3.27. The average Bonchev–Trinajstić information content (AvgIpc) is 2.30. The zero-order valence-corrected chi connectivity index (χ0v) is 9.61. The fourth-order valence-corrected chi connectivity index (χ4v) is 2.40. The normalized spacial score (nSPS) is 25.1. The van der Waals surface area contributed by atoms with Crippen molar-refractivity contribution < 1.29 is 0 Å². The lowest BCUT2D eigenvalue weighted by Crippen LogP contribution is -2.15. The minimum absolute atomic E-state index is 0.465. The van der Waals surface area contributed by atoms with E-state index in [0.717, 1.165) is 0 Å². The maximum atomic E-state index is 5.95. The summed E-state index contributed by atoms with van der Waals surface area (Å²) in [4.78, 5) is 0. The molecule has 1 aliphatic carbocycles. The van der Waals surface area contributed by atoms with Gasteiger partial charge < -0.3 is 0 Å². The minimum atomic E-state index is 0.465. The Balaban J connectivity index is 2.30. The van der Waals surface area contributed by atoms with Gasteiger partial charge in [-0.3, -0.25) is 0 Å². The number of benzene rings is 1. The van der Waals surface area contributed by atoms with Crippen molar-refractivity contribution >= 4 is 17.2 Å². The predicted octanol–water partition coefficient (Wildman–Crippen LogP) is 4.13. The molecule has 0 nitrogen and oxygen atoms in total. The van der Waals surface area contributed by atoms with E-state index >= 15 is 0 Å². The van der Waals surface area contributed by atoms with Gasteiger partial charge in [-0.2, -0.15) is 0 Å². The lowest BCUT2D eigenvalue weighted by atomic mass is 9.81. The number of rotatable bonds is 2. The molecule has 0 bridgehead atoms. The third-order valence-electron chi connectivity index (χ3n) is 3.05. The molecule has 0 saturated carbocycles. The zero-order valence-electron chi connectivity index (χ0n) is 8.86. The predicted molar refractivity (Wildman–Crippen MR) is 66.9 cm³/mol. The summed E-state index contributed by atoms with van der Waals surface area (Å²) in [5.41, 5.74) is 2.70. The van der Waals surface area contributed by atoms with Gasteiger partial charge in [-0.15, -0.1) is 11.6 Å². The minimum Gasteiger partial charge on any atom is -0.126 e. The maximum absolute atomic E-state index is 5.95. The first-order chi connectivity index (χ1) is 7.33. The van der Waals surface area contributed by atoms with E-state index in [4.69, 9.17) is 11.6 Å². The second kappa shape index (κ2) is 4.67. The number of hydrogen-bond acceptors (Lipinski definition) is 0. The van der Waals surface area contributed by atoms with Crippen LogP contribution in [0.25, 0.3) is 5.57 Å². The van der Waals surface area contributed by atoms with E-state index < -0.39 is 0 Å². The third kappa shape index (κ3) is 2.15. The molecule has 2 rings (SSSR count). The first kappa shape index (κ1) is 10.5. The van der Waals surface area contributed by atoms with Crippen LogP contribution in [0.4, 0.5) is 0 Å². The molecule has 78 valence electrons. The lowest BCUT2D eigenvalue weighted by molar-refractivity contribution is 0.574. The van der Waals surface area contributed by atoms with Crippen LogP contribution in [0, 0.1) is 11.8 Å². The Morgan fingerprint density at radius 2 is 1.93 bits per heavy atom. The smallest absolute Gasteiger partial charge is 0.0292 e. The first-order valence-electron chi connectivity index (χ1n) is 5.32. The summed E-state index contributed by atoms with van der Waals surface area (Å²) in [5.74, 6) is 1.67. The largest absolute Gasteiger partial charge is 0.126 e. The summed E-state index contributed by atoms with van der Waals surface area (Å²) in [6.07, 6.45) is 6.52. The van der Waals surface area contributed by atoms with Crippen molar-refractivity contribution in [3.05, 3.63) is 54.1 Å². The molecule has 1 aliphatic rings. The standard InChI is InChI=1S/C14H15Cl/c1-11-13(10-15)8-5-9-14(11)12-6-3-2-4-7-12/h2-9,11,13H,10H2,1H3. The van der Waals surface area contributed by atoms with Gasteiger partial charge in [0, 0.05) is 5.88 Å². The highest BCUT2D eigenvalue weighted by Gasteiger charge is 2.20. The van der Waals surface area contributed by atoms with Crippen molar-refractivity contribution in [2.75, 3.05) is 5.88 Å². The van der Waals surface area contributed by atoms with Gasteiger partial charge in [0.1, 0.15) is 0 Å². The number of halogens is 1. The van der Waals surface area contributed by atoms with Gasteiger partial charge in [0.15, 0.2) is 0 Å². The number of alkyl halides is 1. The van der Waals surface area contributed by atoms with Gasteiger partial charge in [-0.05, 0) is 23.0 Å². The van der Waals surface area contributed by atoms with Gasteiger partial charge >= 0.3 is 0 Å². The fraction of sp³-hybridized carbons (Fsp3) is 0.286. The molecule has 1 aromatic carbocycles. The molecule has 0 saturated heterocycles.